The number of sulfonamides is 1. The van der Waals surface area contributed by atoms with Crippen LogP contribution in [0.3, 0.4) is 0 Å². The van der Waals surface area contributed by atoms with Crippen molar-refractivity contribution >= 4 is 21.6 Å². The first-order valence-electron chi connectivity index (χ1n) is 11.1. The van der Waals surface area contributed by atoms with Gasteiger partial charge in [-0.05, 0) is 62.7 Å². The molecule has 1 amide bonds. The number of hydrogen-bond acceptors (Lipinski definition) is 5. The van der Waals surface area contributed by atoms with Gasteiger partial charge in [-0.3, -0.25) is 9.10 Å². The van der Waals surface area contributed by atoms with Gasteiger partial charge >= 0.3 is 0 Å². The maximum atomic E-state index is 13.4. The van der Waals surface area contributed by atoms with Crippen molar-refractivity contribution in [3.8, 4) is 11.5 Å². The quantitative estimate of drug-likeness (QED) is 0.551. The average Bonchev–Trinajstić information content (AvgIpc) is 2.82. The number of fused-ring (bicyclic) bond motifs is 1. The number of hydrogen-bond donors (Lipinski definition) is 1. The minimum absolute atomic E-state index is 0.0796. The van der Waals surface area contributed by atoms with Gasteiger partial charge in [0.2, 0.25) is 0 Å². The van der Waals surface area contributed by atoms with Crippen molar-refractivity contribution in [2.45, 2.75) is 44.4 Å². The van der Waals surface area contributed by atoms with E-state index in [0.717, 1.165) is 16.9 Å². The molecule has 0 spiro atoms. The van der Waals surface area contributed by atoms with Crippen molar-refractivity contribution in [2.24, 2.45) is 0 Å². The van der Waals surface area contributed by atoms with Crippen molar-refractivity contribution in [3.05, 3.63) is 83.9 Å². The summed E-state index contributed by atoms with van der Waals surface area (Å²) in [5.41, 5.74) is 2.26. The van der Waals surface area contributed by atoms with Crippen LogP contribution in [0.25, 0.3) is 0 Å². The molecular weight excluding hydrogens is 452 g/mol. The number of carbonyl (C=O) groups excluding carboxylic acids is 1. The third-order valence-electron chi connectivity index (χ3n) is 5.40. The molecule has 0 bridgehead atoms. The molecule has 0 radical (unpaired) electrons. The molecule has 3 aromatic rings. The Morgan fingerprint density at radius 2 is 1.74 bits per heavy atom. The topological polar surface area (TPSA) is 84.9 Å². The van der Waals surface area contributed by atoms with Gasteiger partial charge in [-0.15, -0.1) is 0 Å². The van der Waals surface area contributed by atoms with E-state index in [1.165, 1.54) is 4.31 Å². The van der Waals surface area contributed by atoms with E-state index in [2.05, 4.69) is 5.32 Å². The Morgan fingerprint density at radius 3 is 2.41 bits per heavy atom. The van der Waals surface area contributed by atoms with Crippen molar-refractivity contribution < 1.29 is 22.7 Å². The van der Waals surface area contributed by atoms with Crippen LogP contribution in [0.2, 0.25) is 0 Å². The van der Waals surface area contributed by atoms with Crippen molar-refractivity contribution in [3.63, 3.8) is 0 Å². The van der Waals surface area contributed by atoms with Gasteiger partial charge in [0.25, 0.3) is 15.9 Å². The SMILES string of the molecule is Cc1ccc(S(=O)(=O)N2C[C@@H](C(=O)NCc3ccc(OC(C)C)cc3)Oc3ccccc32)cc1. The van der Waals surface area contributed by atoms with Crippen LogP contribution in [-0.4, -0.2) is 33.1 Å². The lowest BCUT2D eigenvalue weighted by Gasteiger charge is -2.34. The number of rotatable bonds is 7. The number of para-hydroxylation sites is 2. The minimum Gasteiger partial charge on any atom is -0.491 e. The highest BCUT2D eigenvalue weighted by Gasteiger charge is 2.37. The first-order valence-corrected chi connectivity index (χ1v) is 12.6. The lowest BCUT2D eigenvalue weighted by molar-refractivity contribution is -0.127. The van der Waals surface area contributed by atoms with Gasteiger partial charge in [0, 0.05) is 6.54 Å². The Balaban J connectivity index is 1.51. The zero-order chi connectivity index (χ0) is 24.3. The van der Waals surface area contributed by atoms with E-state index < -0.39 is 16.1 Å². The number of benzene rings is 3. The van der Waals surface area contributed by atoms with Crippen LogP contribution in [0.5, 0.6) is 11.5 Å². The Kier molecular flexibility index (Phi) is 6.79. The molecule has 8 heteroatoms. The van der Waals surface area contributed by atoms with Gasteiger partial charge in [0.15, 0.2) is 6.10 Å². The van der Waals surface area contributed by atoms with E-state index in [4.69, 9.17) is 9.47 Å². The fraction of sp³-hybridized carbons (Fsp3) is 0.269. The lowest BCUT2D eigenvalue weighted by Crippen LogP contribution is -2.50. The van der Waals surface area contributed by atoms with Crippen molar-refractivity contribution in [1.82, 2.24) is 5.32 Å². The summed E-state index contributed by atoms with van der Waals surface area (Å²) in [5, 5.41) is 2.85. The van der Waals surface area contributed by atoms with E-state index in [1.54, 1.807) is 48.5 Å². The zero-order valence-corrected chi connectivity index (χ0v) is 20.2. The third kappa shape index (κ3) is 5.17. The number of nitrogens with zero attached hydrogens (tertiary/aromatic N) is 1. The van der Waals surface area contributed by atoms with E-state index >= 15 is 0 Å². The minimum atomic E-state index is -3.88. The zero-order valence-electron chi connectivity index (χ0n) is 19.4. The van der Waals surface area contributed by atoms with Crippen molar-refractivity contribution in [1.29, 1.82) is 0 Å². The van der Waals surface area contributed by atoms with E-state index in [9.17, 15) is 13.2 Å². The molecule has 1 N–H and O–H groups in total. The Bertz CT molecular complexity index is 1260. The van der Waals surface area contributed by atoms with Gasteiger partial charge in [-0.1, -0.05) is 42.0 Å². The Labute approximate surface area is 200 Å². The molecule has 3 aromatic carbocycles. The molecule has 0 saturated carbocycles. The number of anilines is 1. The number of amides is 1. The van der Waals surface area contributed by atoms with Crippen LogP contribution in [0.15, 0.2) is 77.7 Å². The monoisotopic (exact) mass is 480 g/mol. The summed E-state index contributed by atoms with van der Waals surface area (Å²) in [6.07, 6.45) is -0.908. The van der Waals surface area contributed by atoms with Crippen molar-refractivity contribution in [2.75, 3.05) is 10.8 Å². The maximum Gasteiger partial charge on any atom is 0.264 e. The van der Waals surface area contributed by atoms with Gasteiger partial charge in [0.05, 0.1) is 23.2 Å². The van der Waals surface area contributed by atoms with E-state index in [-0.39, 0.29) is 30.0 Å². The molecular formula is C26H28N2O5S. The molecule has 0 fully saturated rings. The number of nitrogens with one attached hydrogen (secondary N) is 1. The Hall–Kier alpha value is -3.52. The molecule has 34 heavy (non-hydrogen) atoms. The summed E-state index contributed by atoms with van der Waals surface area (Å²) >= 11 is 0. The average molecular weight is 481 g/mol. The number of ether oxygens (including phenoxy) is 2. The summed E-state index contributed by atoms with van der Waals surface area (Å²) in [5.74, 6) is 0.718. The fourth-order valence-corrected chi connectivity index (χ4v) is 5.14. The first kappa shape index (κ1) is 23.6. The highest BCUT2D eigenvalue weighted by atomic mass is 32.2. The standard InChI is InChI=1S/C26H28N2O5S/c1-18(2)32-21-12-10-20(11-13-21)16-27-26(29)25-17-28(23-6-4-5-7-24(23)33-25)34(30,31)22-14-8-19(3)9-15-22/h4-15,18,25H,16-17H2,1-3H3,(H,27,29)/t25-/m0/s1. The Morgan fingerprint density at radius 1 is 1.06 bits per heavy atom. The van der Waals surface area contributed by atoms with E-state index in [1.807, 2.05) is 45.0 Å². The largest absolute Gasteiger partial charge is 0.491 e. The van der Waals surface area contributed by atoms with Gasteiger partial charge in [-0.25, -0.2) is 8.42 Å². The van der Waals surface area contributed by atoms with Gasteiger partial charge in [-0.2, -0.15) is 0 Å². The second kappa shape index (κ2) is 9.77. The summed E-state index contributed by atoms with van der Waals surface area (Å²) in [4.78, 5) is 13.1. The molecule has 0 unspecified atom stereocenters. The fourth-order valence-electron chi connectivity index (χ4n) is 3.66. The molecule has 1 heterocycles. The normalized spacial score (nSPS) is 15.4. The maximum absolute atomic E-state index is 13.4. The molecule has 7 nitrogen and oxygen atoms in total. The lowest BCUT2D eigenvalue weighted by atomic mass is 10.2. The molecule has 1 aliphatic rings. The molecule has 0 aromatic heterocycles. The molecule has 178 valence electrons. The van der Waals surface area contributed by atoms with Crippen LogP contribution >= 0.6 is 0 Å². The summed E-state index contributed by atoms with van der Waals surface area (Å²) in [7, 11) is -3.88. The summed E-state index contributed by atoms with van der Waals surface area (Å²) in [6, 6.07) is 20.9. The van der Waals surface area contributed by atoms with Crippen LogP contribution in [0, 0.1) is 6.92 Å². The molecule has 4 rings (SSSR count). The van der Waals surface area contributed by atoms with Crippen LogP contribution < -0.4 is 19.1 Å². The number of carbonyl (C=O) groups is 1. The molecule has 0 aliphatic carbocycles. The predicted octanol–water partition coefficient (Wildman–Crippen LogP) is 4.05. The first-order chi connectivity index (χ1) is 16.2. The number of aryl methyl sites for hydroxylation is 1. The van der Waals surface area contributed by atoms with Gasteiger partial charge < -0.3 is 14.8 Å². The van der Waals surface area contributed by atoms with Gasteiger partial charge in [0.1, 0.15) is 11.5 Å². The van der Waals surface area contributed by atoms with E-state index in [0.29, 0.717) is 11.4 Å². The third-order valence-corrected chi connectivity index (χ3v) is 7.19. The predicted molar refractivity (Wildman–Crippen MR) is 131 cm³/mol. The highest BCUT2D eigenvalue weighted by Crippen LogP contribution is 2.36. The molecule has 0 saturated heterocycles. The molecule has 1 aliphatic heterocycles. The van der Waals surface area contributed by atoms with Crippen LogP contribution in [-0.2, 0) is 21.4 Å². The van der Waals surface area contributed by atoms with Crippen LogP contribution in [0.4, 0.5) is 5.69 Å². The second-order valence-corrected chi connectivity index (χ2v) is 10.3. The van der Waals surface area contributed by atoms with Crippen LogP contribution in [0.1, 0.15) is 25.0 Å². The molecule has 1 atom stereocenters. The smallest absolute Gasteiger partial charge is 0.264 e. The second-order valence-electron chi connectivity index (χ2n) is 8.45. The highest BCUT2D eigenvalue weighted by molar-refractivity contribution is 7.92. The summed E-state index contributed by atoms with van der Waals surface area (Å²) in [6.45, 7) is 5.97. The summed E-state index contributed by atoms with van der Waals surface area (Å²) < 4.78 is 39.7.